The normalized spacial score (nSPS) is 28.3. The minimum Gasteiger partial charge on any atom is -0.481 e. The van der Waals surface area contributed by atoms with Gasteiger partial charge in [0.25, 0.3) is 5.92 Å². The highest BCUT2D eigenvalue weighted by Gasteiger charge is 2.49. The van der Waals surface area contributed by atoms with Gasteiger partial charge in [-0.1, -0.05) is 12.5 Å². The lowest BCUT2D eigenvalue weighted by molar-refractivity contribution is -0.137. The Balaban J connectivity index is 1.50. The molecule has 2 unspecified atom stereocenters. The van der Waals surface area contributed by atoms with Crippen LogP contribution in [0.5, 0.6) is 0 Å². The smallest absolute Gasteiger partial charge is 0.303 e. The molecule has 1 N–H and O–H groups in total. The quantitative estimate of drug-likeness (QED) is 0.534. The molecule has 1 saturated carbocycles. The van der Waals surface area contributed by atoms with Gasteiger partial charge in [-0.2, -0.15) is 0 Å². The molecule has 1 aliphatic heterocycles. The molecule has 0 amide bonds. The lowest BCUT2D eigenvalue weighted by Gasteiger charge is -2.42. The fourth-order valence-corrected chi connectivity index (χ4v) is 5.23. The zero-order chi connectivity index (χ0) is 21.5. The van der Waals surface area contributed by atoms with Gasteiger partial charge in [0.2, 0.25) is 0 Å². The van der Waals surface area contributed by atoms with Crippen molar-refractivity contribution >= 4 is 5.97 Å². The van der Waals surface area contributed by atoms with Crippen molar-refractivity contribution in [2.24, 2.45) is 11.8 Å². The first-order valence-electron chi connectivity index (χ1n) is 11.1. The van der Waals surface area contributed by atoms with E-state index in [9.17, 15) is 22.4 Å². The van der Waals surface area contributed by atoms with Gasteiger partial charge in [-0.05, 0) is 68.1 Å². The second-order valence-electron chi connectivity index (χ2n) is 9.11. The molecule has 7 heteroatoms. The van der Waals surface area contributed by atoms with Gasteiger partial charge in [-0.25, -0.2) is 17.6 Å². The molecule has 0 bridgehead atoms. The summed E-state index contributed by atoms with van der Waals surface area (Å²) in [6.07, 6.45) is 3.99. The minimum atomic E-state index is -2.79. The Hall–Kier alpha value is -1.79. The molecule has 3 aliphatic carbocycles. The van der Waals surface area contributed by atoms with E-state index in [1.807, 2.05) is 4.90 Å². The summed E-state index contributed by atoms with van der Waals surface area (Å²) in [6, 6.07) is 0. The molecular formula is C23H29F4NO2. The molecule has 4 rings (SSSR count). The van der Waals surface area contributed by atoms with E-state index in [1.165, 1.54) is 6.08 Å². The van der Waals surface area contributed by atoms with Gasteiger partial charge >= 0.3 is 5.97 Å². The van der Waals surface area contributed by atoms with Gasteiger partial charge in [0.15, 0.2) is 0 Å². The Labute approximate surface area is 174 Å². The number of carboxylic acid groups (broad SMARTS) is 1. The maximum atomic E-state index is 14.9. The number of halogens is 4. The lowest BCUT2D eigenvalue weighted by Crippen LogP contribution is -2.43. The van der Waals surface area contributed by atoms with E-state index in [0.29, 0.717) is 62.0 Å². The van der Waals surface area contributed by atoms with Crippen LogP contribution in [-0.2, 0) is 4.79 Å². The molecule has 4 aliphatic rings. The summed E-state index contributed by atoms with van der Waals surface area (Å²) in [4.78, 5) is 12.6. The number of hydrogen-bond acceptors (Lipinski definition) is 2. The second-order valence-corrected chi connectivity index (χ2v) is 9.11. The number of hydrogen-bond donors (Lipinski definition) is 1. The maximum Gasteiger partial charge on any atom is 0.303 e. The summed E-state index contributed by atoms with van der Waals surface area (Å²) in [5, 5.41) is 8.84. The van der Waals surface area contributed by atoms with Crippen molar-refractivity contribution in [1.29, 1.82) is 0 Å². The van der Waals surface area contributed by atoms with Gasteiger partial charge in [0.05, 0.1) is 0 Å². The van der Waals surface area contributed by atoms with Crippen molar-refractivity contribution < 1.29 is 27.5 Å². The molecule has 30 heavy (non-hydrogen) atoms. The van der Waals surface area contributed by atoms with E-state index in [1.54, 1.807) is 0 Å². The molecule has 1 heterocycles. The maximum absolute atomic E-state index is 14.9. The Morgan fingerprint density at radius 1 is 1.17 bits per heavy atom. The highest BCUT2D eigenvalue weighted by molar-refractivity contribution is 5.67. The van der Waals surface area contributed by atoms with Crippen molar-refractivity contribution in [1.82, 2.24) is 4.90 Å². The Morgan fingerprint density at radius 3 is 2.60 bits per heavy atom. The van der Waals surface area contributed by atoms with E-state index in [0.717, 1.165) is 12.0 Å². The third-order valence-electron chi connectivity index (χ3n) is 7.32. The number of carbonyl (C=O) groups is 1. The number of alkyl halides is 3. The second kappa shape index (κ2) is 8.39. The van der Waals surface area contributed by atoms with Crippen LogP contribution < -0.4 is 0 Å². The average Bonchev–Trinajstić information content (AvgIpc) is 2.65. The standard InChI is InChI=1S/C23H29F4NO2/c24-19-8-7-17(23(26,27)16-2-1-3-16)12-20(19)28-11-10-18-15(13-28)5-4-14(22(18)25)6-9-21(29)30/h12,16-17,19H,1-11,13H2,(H,29,30). The molecular weight excluding hydrogens is 398 g/mol. The van der Waals surface area contributed by atoms with Crippen LogP contribution in [0.2, 0.25) is 0 Å². The van der Waals surface area contributed by atoms with Crippen LogP contribution >= 0.6 is 0 Å². The first kappa shape index (κ1) is 21.4. The summed E-state index contributed by atoms with van der Waals surface area (Å²) in [5.74, 6) is -5.56. The van der Waals surface area contributed by atoms with Crippen LogP contribution in [0.4, 0.5) is 17.6 Å². The Bertz CT molecular complexity index is 797. The Kier molecular flexibility index (Phi) is 5.99. The van der Waals surface area contributed by atoms with Crippen LogP contribution in [0.15, 0.2) is 34.3 Å². The monoisotopic (exact) mass is 427 g/mol. The fraction of sp³-hybridized carbons (Fsp3) is 0.696. The molecule has 1 fully saturated rings. The van der Waals surface area contributed by atoms with Gasteiger partial charge in [-0.15, -0.1) is 0 Å². The van der Waals surface area contributed by atoms with Gasteiger partial charge < -0.3 is 10.0 Å². The van der Waals surface area contributed by atoms with Crippen LogP contribution in [0, 0.1) is 11.8 Å². The first-order valence-corrected chi connectivity index (χ1v) is 11.1. The SMILES string of the molecule is O=C(O)CCC1=C(F)C2=C(CC1)CN(C1=CC(C(F)(F)C3CCC3)CCC1F)CC2. The molecule has 0 aromatic carbocycles. The van der Waals surface area contributed by atoms with E-state index >= 15 is 0 Å². The summed E-state index contributed by atoms with van der Waals surface area (Å²) in [7, 11) is 0. The molecule has 0 aromatic rings. The third-order valence-corrected chi connectivity index (χ3v) is 7.32. The average molecular weight is 427 g/mol. The molecule has 3 nitrogen and oxygen atoms in total. The first-order chi connectivity index (χ1) is 14.3. The zero-order valence-corrected chi connectivity index (χ0v) is 17.1. The van der Waals surface area contributed by atoms with Crippen molar-refractivity contribution in [3.8, 4) is 0 Å². The summed E-state index contributed by atoms with van der Waals surface area (Å²) in [6.45, 7) is 0.759. The lowest BCUT2D eigenvalue weighted by atomic mass is 9.73. The molecule has 0 aromatic heterocycles. The van der Waals surface area contributed by atoms with Crippen molar-refractivity contribution in [3.63, 3.8) is 0 Å². The predicted octanol–water partition coefficient (Wildman–Crippen LogP) is 5.94. The van der Waals surface area contributed by atoms with Crippen LogP contribution in [0.3, 0.4) is 0 Å². The third kappa shape index (κ3) is 4.04. The van der Waals surface area contributed by atoms with Gasteiger partial charge in [0.1, 0.15) is 12.0 Å². The van der Waals surface area contributed by atoms with Crippen molar-refractivity contribution in [3.05, 3.63) is 34.3 Å². The number of rotatable bonds is 6. The van der Waals surface area contributed by atoms with Gasteiger partial charge in [-0.3, -0.25) is 4.79 Å². The highest BCUT2D eigenvalue weighted by atomic mass is 19.3. The summed E-state index contributed by atoms with van der Waals surface area (Å²) < 4.78 is 59.2. The highest BCUT2D eigenvalue weighted by Crippen LogP contribution is 2.49. The van der Waals surface area contributed by atoms with Crippen molar-refractivity contribution in [2.45, 2.75) is 76.3 Å². The summed E-state index contributed by atoms with van der Waals surface area (Å²) in [5.41, 5.74) is 2.39. The van der Waals surface area contributed by atoms with E-state index in [-0.39, 0.29) is 31.5 Å². The Morgan fingerprint density at radius 2 is 1.93 bits per heavy atom. The van der Waals surface area contributed by atoms with E-state index < -0.39 is 29.9 Å². The zero-order valence-electron chi connectivity index (χ0n) is 17.1. The predicted molar refractivity (Wildman–Crippen MR) is 105 cm³/mol. The molecule has 0 saturated heterocycles. The summed E-state index contributed by atoms with van der Waals surface area (Å²) >= 11 is 0. The molecule has 0 radical (unpaired) electrons. The molecule has 166 valence electrons. The topological polar surface area (TPSA) is 40.5 Å². The van der Waals surface area contributed by atoms with Crippen LogP contribution in [-0.4, -0.2) is 41.2 Å². The minimum absolute atomic E-state index is 0.0928. The number of carboxylic acids is 1. The van der Waals surface area contributed by atoms with Crippen LogP contribution in [0.25, 0.3) is 0 Å². The molecule has 0 spiro atoms. The van der Waals surface area contributed by atoms with E-state index in [4.69, 9.17) is 5.11 Å². The fourth-order valence-electron chi connectivity index (χ4n) is 5.23. The number of aliphatic carboxylic acids is 1. The molecule has 2 atom stereocenters. The van der Waals surface area contributed by atoms with Crippen LogP contribution in [0.1, 0.15) is 64.2 Å². The van der Waals surface area contributed by atoms with Crippen molar-refractivity contribution in [2.75, 3.05) is 13.1 Å². The van der Waals surface area contributed by atoms with Gasteiger partial charge in [0, 0.05) is 37.0 Å². The number of allylic oxidation sites excluding steroid dienone is 4. The van der Waals surface area contributed by atoms with E-state index in [2.05, 4.69) is 0 Å². The largest absolute Gasteiger partial charge is 0.481 e. The number of nitrogens with zero attached hydrogens (tertiary/aromatic N) is 1.